The van der Waals surface area contributed by atoms with Crippen molar-refractivity contribution in [3.05, 3.63) is 28.7 Å². The number of fused-ring (bicyclic) bond motifs is 1. The molecule has 1 aliphatic rings. The zero-order valence-electron chi connectivity index (χ0n) is 9.67. The van der Waals surface area contributed by atoms with Crippen molar-refractivity contribution < 1.29 is 18.3 Å². The normalized spacial score (nSPS) is 18.4. The first-order valence-electron chi connectivity index (χ1n) is 5.26. The Morgan fingerprint density at radius 1 is 1.41 bits per heavy atom. The molecule has 0 spiro atoms. The van der Waals surface area contributed by atoms with Crippen molar-refractivity contribution >= 4 is 15.9 Å². The second-order valence-electron chi connectivity index (χ2n) is 4.04. The van der Waals surface area contributed by atoms with Gasteiger partial charge in [-0.1, -0.05) is 6.92 Å². The van der Waals surface area contributed by atoms with Crippen LogP contribution in [-0.2, 0) is 9.84 Å². The van der Waals surface area contributed by atoms with Gasteiger partial charge < -0.3 is 9.84 Å². The van der Waals surface area contributed by atoms with Crippen molar-refractivity contribution in [3.63, 3.8) is 0 Å². The van der Waals surface area contributed by atoms with Crippen molar-refractivity contribution in [2.75, 3.05) is 13.7 Å². The summed E-state index contributed by atoms with van der Waals surface area (Å²) in [5.41, 5.74) is 0.654. The number of rotatable bonds is 3. The van der Waals surface area contributed by atoms with Gasteiger partial charge in [-0.3, -0.25) is 0 Å². The number of hydrogen-bond acceptors (Lipinski definition) is 4. The second kappa shape index (κ2) is 4.16. The van der Waals surface area contributed by atoms with Gasteiger partial charge in [-0.05, 0) is 29.8 Å². The molecular formula is C12H14O4S. The van der Waals surface area contributed by atoms with Crippen LogP contribution in [0.4, 0.5) is 0 Å². The van der Waals surface area contributed by atoms with Gasteiger partial charge in [-0.2, -0.15) is 0 Å². The first kappa shape index (κ1) is 12.1. The minimum Gasteiger partial charge on any atom is -0.497 e. The monoisotopic (exact) mass is 254 g/mol. The average molecular weight is 254 g/mol. The maximum absolute atomic E-state index is 12.2. The molecular weight excluding hydrogens is 240 g/mol. The molecule has 17 heavy (non-hydrogen) atoms. The predicted octanol–water partition coefficient (Wildman–Crippen LogP) is 1.45. The predicted molar refractivity (Wildman–Crippen MR) is 64.4 cm³/mol. The molecule has 1 N–H and O–H groups in total. The lowest BCUT2D eigenvalue weighted by Gasteiger charge is -2.09. The summed E-state index contributed by atoms with van der Waals surface area (Å²) in [6.07, 6.45) is 1.62. The Morgan fingerprint density at radius 3 is 2.71 bits per heavy atom. The Hall–Kier alpha value is -1.33. The van der Waals surface area contributed by atoms with E-state index in [4.69, 9.17) is 9.84 Å². The van der Waals surface area contributed by atoms with Crippen LogP contribution in [0.1, 0.15) is 12.5 Å². The fourth-order valence-corrected chi connectivity index (χ4v) is 3.70. The molecule has 1 aliphatic heterocycles. The van der Waals surface area contributed by atoms with Crippen LogP contribution in [0.2, 0.25) is 0 Å². The lowest BCUT2D eigenvalue weighted by molar-refractivity contribution is 0.260. The van der Waals surface area contributed by atoms with Gasteiger partial charge in [-0.25, -0.2) is 8.42 Å². The van der Waals surface area contributed by atoms with Crippen molar-refractivity contribution in [1.82, 2.24) is 0 Å². The summed E-state index contributed by atoms with van der Waals surface area (Å²) < 4.78 is 29.5. The average Bonchev–Trinajstić information content (AvgIpc) is 2.60. The lowest BCUT2D eigenvalue weighted by Crippen LogP contribution is -2.11. The molecule has 0 saturated heterocycles. The summed E-state index contributed by atoms with van der Waals surface area (Å²) >= 11 is 0. The molecule has 0 saturated carbocycles. The third-order valence-corrected chi connectivity index (χ3v) is 4.95. The molecule has 0 bridgehead atoms. The summed E-state index contributed by atoms with van der Waals surface area (Å²) in [4.78, 5) is 0.524. The van der Waals surface area contributed by atoms with Crippen LogP contribution < -0.4 is 4.74 Å². The van der Waals surface area contributed by atoms with Gasteiger partial charge in [0, 0.05) is 5.92 Å². The minimum atomic E-state index is -3.47. The molecule has 4 nitrogen and oxygen atoms in total. The number of aliphatic hydroxyl groups excluding tert-OH is 1. The molecule has 1 heterocycles. The summed E-state index contributed by atoms with van der Waals surface area (Å²) in [5, 5.41) is 9.08. The number of benzene rings is 1. The van der Waals surface area contributed by atoms with Gasteiger partial charge in [-0.15, -0.1) is 0 Å². The van der Waals surface area contributed by atoms with Crippen LogP contribution in [0.5, 0.6) is 5.75 Å². The summed E-state index contributed by atoms with van der Waals surface area (Å²) in [6.45, 7) is 1.50. The van der Waals surface area contributed by atoms with E-state index in [2.05, 4.69) is 0 Å². The SMILES string of the molecule is COc1ccc2c(c1)S(=O)(=O)C(C(C)CO)=C2. The Labute approximate surface area is 100 Å². The van der Waals surface area contributed by atoms with Gasteiger partial charge in [0.15, 0.2) is 0 Å². The standard InChI is InChI=1S/C12H14O4S/c1-8(7-13)11-5-9-3-4-10(16-2)6-12(9)17(11,14)15/h3-6,8,13H,7H2,1-2H3. The largest absolute Gasteiger partial charge is 0.497 e. The van der Waals surface area contributed by atoms with E-state index in [-0.39, 0.29) is 16.4 Å². The zero-order chi connectivity index (χ0) is 12.6. The molecule has 0 fully saturated rings. The van der Waals surface area contributed by atoms with Crippen LogP contribution >= 0.6 is 0 Å². The van der Waals surface area contributed by atoms with Crippen molar-refractivity contribution in [1.29, 1.82) is 0 Å². The van der Waals surface area contributed by atoms with Gasteiger partial charge in [0.2, 0.25) is 9.84 Å². The highest BCUT2D eigenvalue weighted by molar-refractivity contribution is 7.95. The first-order valence-corrected chi connectivity index (χ1v) is 6.74. The number of methoxy groups -OCH3 is 1. The van der Waals surface area contributed by atoms with Crippen molar-refractivity contribution in [2.45, 2.75) is 11.8 Å². The summed E-state index contributed by atoms with van der Waals surface area (Å²) in [6, 6.07) is 4.94. The van der Waals surface area contributed by atoms with Crippen LogP contribution in [0.25, 0.3) is 6.08 Å². The molecule has 0 amide bonds. The maximum Gasteiger partial charge on any atom is 0.203 e. The quantitative estimate of drug-likeness (QED) is 0.886. The Kier molecular flexibility index (Phi) is 2.97. The molecule has 0 radical (unpaired) electrons. The highest BCUT2D eigenvalue weighted by Gasteiger charge is 2.32. The van der Waals surface area contributed by atoms with Gasteiger partial charge >= 0.3 is 0 Å². The number of hydrogen-bond donors (Lipinski definition) is 1. The van der Waals surface area contributed by atoms with E-state index in [0.29, 0.717) is 11.3 Å². The van der Waals surface area contributed by atoms with Crippen molar-refractivity contribution in [3.8, 4) is 5.75 Å². The lowest BCUT2D eigenvalue weighted by atomic mass is 10.1. The van der Waals surface area contributed by atoms with Crippen LogP contribution in [0.3, 0.4) is 0 Å². The van der Waals surface area contributed by atoms with E-state index < -0.39 is 15.8 Å². The summed E-state index contributed by atoms with van der Waals surface area (Å²) in [5.74, 6) is 0.122. The summed E-state index contributed by atoms with van der Waals surface area (Å²) in [7, 11) is -1.98. The molecule has 92 valence electrons. The van der Waals surface area contributed by atoms with Crippen LogP contribution in [0, 0.1) is 5.92 Å². The van der Waals surface area contributed by atoms with E-state index in [1.165, 1.54) is 13.2 Å². The number of ether oxygens (including phenoxy) is 1. The number of sulfone groups is 1. The highest BCUT2D eigenvalue weighted by atomic mass is 32.2. The first-order chi connectivity index (χ1) is 8.00. The Bertz CT molecular complexity index is 572. The van der Waals surface area contributed by atoms with Gasteiger partial charge in [0.1, 0.15) is 5.75 Å². The van der Waals surface area contributed by atoms with Gasteiger partial charge in [0.05, 0.1) is 23.5 Å². The van der Waals surface area contributed by atoms with E-state index in [9.17, 15) is 8.42 Å². The highest BCUT2D eigenvalue weighted by Crippen LogP contribution is 2.38. The van der Waals surface area contributed by atoms with E-state index in [1.54, 1.807) is 25.1 Å². The van der Waals surface area contributed by atoms with Crippen molar-refractivity contribution in [2.24, 2.45) is 5.92 Å². The molecule has 1 aromatic rings. The van der Waals surface area contributed by atoms with Gasteiger partial charge in [0.25, 0.3) is 0 Å². The van der Waals surface area contributed by atoms with E-state index in [0.717, 1.165) is 0 Å². The second-order valence-corrected chi connectivity index (χ2v) is 5.96. The maximum atomic E-state index is 12.2. The third kappa shape index (κ3) is 1.85. The minimum absolute atomic E-state index is 0.184. The molecule has 0 aromatic heterocycles. The topological polar surface area (TPSA) is 63.6 Å². The fraction of sp³-hybridized carbons (Fsp3) is 0.333. The smallest absolute Gasteiger partial charge is 0.203 e. The molecule has 1 aromatic carbocycles. The Morgan fingerprint density at radius 2 is 2.12 bits per heavy atom. The molecule has 2 rings (SSSR count). The molecule has 0 aliphatic carbocycles. The zero-order valence-corrected chi connectivity index (χ0v) is 10.5. The third-order valence-electron chi connectivity index (χ3n) is 2.88. The van der Waals surface area contributed by atoms with Crippen LogP contribution in [-0.4, -0.2) is 27.2 Å². The molecule has 1 unspecified atom stereocenters. The fourth-order valence-electron chi connectivity index (χ4n) is 1.85. The molecule has 1 atom stereocenters. The Balaban J connectivity index is 2.56. The van der Waals surface area contributed by atoms with Crippen LogP contribution in [0.15, 0.2) is 28.0 Å². The van der Waals surface area contributed by atoms with E-state index >= 15 is 0 Å². The number of aliphatic hydroxyl groups is 1. The van der Waals surface area contributed by atoms with E-state index in [1.807, 2.05) is 0 Å². The molecule has 5 heteroatoms.